The highest BCUT2D eigenvalue weighted by atomic mass is 32.1. The number of aliphatic hydroxyl groups is 1. The van der Waals surface area contributed by atoms with Crippen LogP contribution in [0.15, 0.2) is 18.2 Å². The maximum absolute atomic E-state index is 12.2. The minimum atomic E-state index is -0.00952. The molecule has 104 valence electrons. The van der Waals surface area contributed by atoms with Crippen molar-refractivity contribution in [2.45, 2.75) is 38.6 Å². The molecule has 1 aromatic rings. The van der Waals surface area contributed by atoms with Crippen molar-refractivity contribution in [3.63, 3.8) is 0 Å². The van der Waals surface area contributed by atoms with Gasteiger partial charge < -0.3 is 10.0 Å². The SMILES string of the molecule is Cc1ccc(/C=C/C(=O)N2CCCCCC2CO)s1. The van der Waals surface area contributed by atoms with E-state index in [1.54, 1.807) is 17.4 Å². The Hall–Kier alpha value is -1.13. The number of hydrogen-bond acceptors (Lipinski definition) is 3. The third kappa shape index (κ3) is 3.91. The summed E-state index contributed by atoms with van der Waals surface area (Å²) in [4.78, 5) is 16.4. The van der Waals surface area contributed by atoms with E-state index in [0.29, 0.717) is 0 Å². The van der Waals surface area contributed by atoms with Gasteiger partial charge in [0.05, 0.1) is 12.6 Å². The number of aliphatic hydroxyl groups excluding tert-OH is 1. The number of carbonyl (C=O) groups excluding carboxylic acids is 1. The maximum Gasteiger partial charge on any atom is 0.246 e. The lowest BCUT2D eigenvalue weighted by molar-refractivity contribution is -0.129. The molecule has 1 saturated heterocycles. The van der Waals surface area contributed by atoms with Crippen molar-refractivity contribution in [2.24, 2.45) is 0 Å². The predicted molar refractivity (Wildman–Crippen MR) is 79.1 cm³/mol. The minimum Gasteiger partial charge on any atom is -0.394 e. The molecular formula is C15H21NO2S. The number of rotatable bonds is 3. The summed E-state index contributed by atoms with van der Waals surface area (Å²) in [6.45, 7) is 2.88. The number of carbonyl (C=O) groups is 1. The molecule has 1 N–H and O–H groups in total. The molecule has 1 aliphatic heterocycles. The molecule has 0 bridgehead atoms. The minimum absolute atomic E-state index is 0.00952. The molecule has 0 saturated carbocycles. The van der Waals surface area contributed by atoms with Crippen molar-refractivity contribution in [1.29, 1.82) is 0 Å². The molecule has 4 heteroatoms. The molecule has 1 atom stereocenters. The summed E-state index contributed by atoms with van der Waals surface area (Å²) in [5, 5.41) is 9.41. The first kappa shape index (κ1) is 14.3. The molecule has 0 spiro atoms. The van der Waals surface area contributed by atoms with E-state index in [0.717, 1.165) is 37.1 Å². The Morgan fingerprint density at radius 3 is 3.00 bits per heavy atom. The first-order valence-electron chi connectivity index (χ1n) is 6.86. The van der Waals surface area contributed by atoms with Crippen molar-refractivity contribution in [3.8, 4) is 0 Å². The molecule has 3 nitrogen and oxygen atoms in total. The summed E-state index contributed by atoms with van der Waals surface area (Å²) in [6, 6.07) is 4.07. The smallest absolute Gasteiger partial charge is 0.246 e. The normalized spacial score (nSPS) is 20.7. The largest absolute Gasteiger partial charge is 0.394 e. The van der Waals surface area contributed by atoms with Crippen molar-refractivity contribution >= 4 is 23.3 Å². The van der Waals surface area contributed by atoms with E-state index in [1.165, 1.54) is 4.88 Å². The van der Waals surface area contributed by atoms with Crippen LogP contribution in [0, 0.1) is 6.92 Å². The van der Waals surface area contributed by atoms with Crippen molar-refractivity contribution in [1.82, 2.24) is 4.90 Å². The van der Waals surface area contributed by atoms with Crippen LogP contribution < -0.4 is 0 Å². The van der Waals surface area contributed by atoms with Gasteiger partial charge in [-0.1, -0.05) is 12.8 Å². The molecule has 2 heterocycles. The van der Waals surface area contributed by atoms with E-state index in [4.69, 9.17) is 0 Å². The average molecular weight is 279 g/mol. The Morgan fingerprint density at radius 2 is 2.32 bits per heavy atom. The maximum atomic E-state index is 12.2. The number of nitrogens with zero attached hydrogens (tertiary/aromatic N) is 1. The Bertz CT molecular complexity index is 453. The zero-order valence-corrected chi connectivity index (χ0v) is 12.2. The van der Waals surface area contributed by atoms with Gasteiger partial charge >= 0.3 is 0 Å². The van der Waals surface area contributed by atoms with E-state index in [1.807, 2.05) is 17.0 Å². The van der Waals surface area contributed by atoms with Crippen LogP contribution in [0.2, 0.25) is 0 Å². The van der Waals surface area contributed by atoms with Crippen molar-refractivity contribution in [3.05, 3.63) is 28.0 Å². The second-order valence-electron chi connectivity index (χ2n) is 5.00. The average Bonchev–Trinajstić information content (AvgIpc) is 2.69. The molecule has 19 heavy (non-hydrogen) atoms. The Balaban J connectivity index is 2.02. The predicted octanol–water partition coefficient (Wildman–Crippen LogP) is 2.83. The Morgan fingerprint density at radius 1 is 1.47 bits per heavy atom. The van der Waals surface area contributed by atoms with Crippen molar-refractivity contribution in [2.75, 3.05) is 13.2 Å². The molecule has 1 fully saturated rings. The van der Waals surface area contributed by atoms with Gasteiger partial charge in [-0.15, -0.1) is 11.3 Å². The first-order valence-corrected chi connectivity index (χ1v) is 7.68. The lowest BCUT2D eigenvalue weighted by Gasteiger charge is -2.27. The van der Waals surface area contributed by atoms with Gasteiger partial charge in [-0.25, -0.2) is 0 Å². The number of hydrogen-bond donors (Lipinski definition) is 1. The fourth-order valence-electron chi connectivity index (χ4n) is 2.45. The van der Waals surface area contributed by atoms with Crippen LogP contribution >= 0.6 is 11.3 Å². The van der Waals surface area contributed by atoms with E-state index in [9.17, 15) is 9.90 Å². The number of amides is 1. The topological polar surface area (TPSA) is 40.5 Å². The van der Waals surface area contributed by atoms with E-state index >= 15 is 0 Å². The number of thiophene rings is 1. The van der Waals surface area contributed by atoms with E-state index < -0.39 is 0 Å². The highest BCUT2D eigenvalue weighted by Gasteiger charge is 2.23. The summed E-state index contributed by atoms with van der Waals surface area (Å²) in [5.74, 6) is 0.0204. The lowest BCUT2D eigenvalue weighted by Crippen LogP contribution is -2.41. The summed E-state index contributed by atoms with van der Waals surface area (Å²) >= 11 is 1.68. The molecule has 1 aromatic heterocycles. The third-order valence-corrected chi connectivity index (χ3v) is 4.49. The second kappa shape index (κ2) is 6.87. The third-order valence-electron chi connectivity index (χ3n) is 3.52. The summed E-state index contributed by atoms with van der Waals surface area (Å²) in [5.41, 5.74) is 0. The van der Waals surface area contributed by atoms with Crippen LogP contribution in [0.3, 0.4) is 0 Å². The monoisotopic (exact) mass is 279 g/mol. The molecule has 0 radical (unpaired) electrons. The van der Waals surface area contributed by atoms with Crippen LogP contribution in [0.25, 0.3) is 6.08 Å². The van der Waals surface area contributed by atoms with Gasteiger partial charge in [0.1, 0.15) is 0 Å². The molecular weight excluding hydrogens is 258 g/mol. The van der Waals surface area contributed by atoms with Gasteiger partial charge in [-0.05, 0) is 38.0 Å². The van der Waals surface area contributed by atoms with Gasteiger partial charge in [-0.3, -0.25) is 4.79 Å². The summed E-state index contributed by atoms with van der Waals surface area (Å²) < 4.78 is 0. The molecule has 1 unspecified atom stereocenters. The van der Waals surface area contributed by atoms with Crippen LogP contribution in [0.1, 0.15) is 35.4 Å². The zero-order valence-electron chi connectivity index (χ0n) is 11.3. The zero-order chi connectivity index (χ0) is 13.7. The number of likely N-dealkylation sites (tertiary alicyclic amines) is 1. The van der Waals surface area contributed by atoms with Gasteiger partial charge in [0.25, 0.3) is 0 Å². The van der Waals surface area contributed by atoms with Crippen molar-refractivity contribution < 1.29 is 9.90 Å². The fraction of sp³-hybridized carbons (Fsp3) is 0.533. The van der Waals surface area contributed by atoms with E-state index in [2.05, 4.69) is 13.0 Å². The Labute approximate surface area is 118 Å². The molecule has 0 aliphatic carbocycles. The quantitative estimate of drug-likeness (QED) is 0.864. The molecule has 1 amide bonds. The van der Waals surface area contributed by atoms with Crippen LogP contribution in [0.4, 0.5) is 0 Å². The molecule has 1 aliphatic rings. The van der Waals surface area contributed by atoms with Crippen LogP contribution in [-0.4, -0.2) is 35.1 Å². The Kier molecular flexibility index (Phi) is 5.16. The summed E-state index contributed by atoms with van der Waals surface area (Å²) in [6.07, 6.45) is 7.71. The van der Waals surface area contributed by atoms with Gasteiger partial charge in [0, 0.05) is 22.4 Å². The van der Waals surface area contributed by atoms with Gasteiger partial charge in [-0.2, -0.15) is 0 Å². The first-order chi connectivity index (χ1) is 9.20. The van der Waals surface area contributed by atoms with Gasteiger partial charge in [0.15, 0.2) is 0 Å². The molecule has 0 aromatic carbocycles. The fourth-order valence-corrected chi connectivity index (χ4v) is 3.23. The van der Waals surface area contributed by atoms with Crippen LogP contribution in [-0.2, 0) is 4.79 Å². The standard InChI is InChI=1S/C15H21NO2S/c1-12-6-7-14(19-12)8-9-15(18)16-10-4-2-3-5-13(16)11-17/h6-9,13,17H,2-5,10-11H2,1H3/b9-8+. The second-order valence-corrected chi connectivity index (χ2v) is 6.32. The highest BCUT2D eigenvalue weighted by molar-refractivity contribution is 7.12. The molecule has 2 rings (SSSR count). The highest BCUT2D eigenvalue weighted by Crippen LogP contribution is 2.19. The summed E-state index contributed by atoms with van der Waals surface area (Å²) in [7, 11) is 0. The lowest BCUT2D eigenvalue weighted by atomic mass is 10.1. The number of aryl methyl sites for hydroxylation is 1. The van der Waals surface area contributed by atoms with E-state index in [-0.39, 0.29) is 18.6 Å². The van der Waals surface area contributed by atoms with Crippen LogP contribution in [0.5, 0.6) is 0 Å². The van der Waals surface area contributed by atoms with Gasteiger partial charge in [0.2, 0.25) is 5.91 Å².